The minimum absolute atomic E-state index is 0.00454. The lowest BCUT2D eigenvalue weighted by Crippen LogP contribution is -2.29. The van der Waals surface area contributed by atoms with Crippen LogP contribution < -0.4 is 4.74 Å². The summed E-state index contributed by atoms with van der Waals surface area (Å²) < 4.78 is 7.71. The van der Waals surface area contributed by atoms with Crippen molar-refractivity contribution in [1.82, 2.24) is 24.7 Å². The average molecular weight is 388 g/mol. The molecule has 1 aromatic carbocycles. The molecule has 8 nitrogen and oxygen atoms in total. The molecule has 0 bridgehead atoms. The molecule has 8 heteroatoms. The van der Waals surface area contributed by atoms with E-state index in [1.807, 2.05) is 17.0 Å². The van der Waals surface area contributed by atoms with E-state index < -0.39 is 0 Å². The van der Waals surface area contributed by atoms with Gasteiger partial charge in [-0.05, 0) is 49.6 Å². The maximum atomic E-state index is 12.7. The Kier molecular flexibility index (Phi) is 4.35. The van der Waals surface area contributed by atoms with Crippen LogP contribution in [-0.2, 0) is 0 Å². The van der Waals surface area contributed by atoms with E-state index in [9.17, 15) is 4.79 Å². The van der Waals surface area contributed by atoms with Gasteiger partial charge in [0.05, 0.1) is 18.2 Å². The number of carbonyl (C=O) groups excluding carboxylic acids is 1. The van der Waals surface area contributed by atoms with Gasteiger partial charge < -0.3 is 9.64 Å². The fourth-order valence-electron chi connectivity index (χ4n) is 3.69. The highest BCUT2D eigenvalue weighted by molar-refractivity contribution is 5.94. The van der Waals surface area contributed by atoms with Gasteiger partial charge in [0.15, 0.2) is 11.5 Å². The Morgan fingerprint density at radius 1 is 1.14 bits per heavy atom. The Labute approximate surface area is 167 Å². The average Bonchev–Trinajstić information content (AvgIpc) is 3.34. The van der Waals surface area contributed by atoms with Gasteiger partial charge in [0.2, 0.25) is 5.88 Å². The van der Waals surface area contributed by atoms with Crippen LogP contribution in [0.2, 0.25) is 0 Å². The first-order chi connectivity index (χ1) is 14.2. The van der Waals surface area contributed by atoms with Crippen molar-refractivity contribution in [2.24, 2.45) is 5.92 Å². The number of hydrogen-bond donors (Lipinski definition) is 0. The normalized spacial score (nSPS) is 18.7. The van der Waals surface area contributed by atoms with Crippen LogP contribution in [0, 0.1) is 17.2 Å². The SMILES string of the molecule is N#Cc1ccc(C(=O)N2CCC(COc3ccc4nnc(C5CC5)n4n3)C2)cc1. The van der Waals surface area contributed by atoms with E-state index in [4.69, 9.17) is 10.00 Å². The first-order valence-corrected chi connectivity index (χ1v) is 9.86. The number of amides is 1. The molecule has 2 fully saturated rings. The molecule has 3 aromatic rings. The number of ether oxygens (including phenoxy) is 1. The summed E-state index contributed by atoms with van der Waals surface area (Å²) in [6, 6.07) is 12.5. The molecule has 1 aliphatic heterocycles. The topological polar surface area (TPSA) is 96.4 Å². The Bertz CT molecular complexity index is 1100. The van der Waals surface area contributed by atoms with E-state index in [0.717, 1.165) is 30.7 Å². The first-order valence-electron chi connectivity index (χ1n) is 9.86. The largest absolute Gasteiger partial charge is 0.476 e. The highest BCUT2D eigenvalue weighted by Gasteiger charge is 2.30. The van der Waals surface area contributed by atoms with E-state index in [-0.39, 0.29) is 11.8 Å². The maximum absolute atomic E-state index is 12.7. The van der Waals surface area contributed by atoms with Gasteiger partial charge in [-0.25, -0.2) is 0 Å². The number of benzene rings is 1. The van der Waals surface area contributed by atoms with Gasteiger partial charge in [-0.1, -0.05) is 0 Å². The quantitative estimate of drug-likeness (QED) is 0.666. The lowest BCUT2D eigenvalue weighted by Gasteiger charge is -2.17. The molecular weight excluding hydrogens is 368 g/mol. The van der Waals surface area contributed by atoms with Gasteiger partial charge in [-0.15, -0.1) is 15.3 Å². The number of fused-ring (bicyclic) bond motifs is 1. The second-order valence-electron chi connectivity index (χ2n) is 7.68. The van der Waals surface area contributed by atoms with Crippen molar-refractivity contribution in [3.05, 3.63) is 53.3 Å². The summed E-state index contributed by atoms with van der Waals surface area (Å²) in [4.78, 5) is 14.5. The molecule has 0 radical (unpaired) electrons. The first kappa shape index (κ1) is 17.6. The number of aromatic nitrogens is 4. The molecule has 1 unspecified atom stereocenters. The molecule has 0 N–H and O–H groups in total. The molecule has 2 aromatic heterocycles. The fraction of sp³-hybridized carbons (Fsp3) is 0.381. The molecule has 2 aliphatic rings. The third-order valence-electron chi connectivity index (χ3n) is 5.51. The highest BCUT2D eigenvalue weighted by atomic mass is 16.5. The molecule has 3 heterocycles. The zero-order valence-corrected chi connectivity index (χ0v) is 15.9. The van der Waals surface area contributed by atoms with Crippen molar-refractivity contribution in [3.63, 3.8) is 0 Å². The number of hydrogen-bond acceptors (Lipinski definition) is 6. The van der Waals surface area contributed by atoms with Crippen molar-refractivity contribution in [2.75, 3.05) is 19.7 Å². The predicted molar refractivity (Wildman–Crippen MR) is 103 cm³/mol. The van der Waals surface area contributed by atoms with E-state index in [1.165, 1.54) is 0 Å². The number of nitrogens with zero attached hydrogens (tertiary/aromatic N) is 6. The molecule has 146 valence electrons. The molecule has 0 spiro atoms. The second kappa shape index (κ2) is 7.17. The summed E-state index contributed by atoms with van der Waals surface area (Å²) >= 11 is 0. The van der Waals surface area contributed by atoms with E-state index in [2.05, 4.69) is 21.4 Å². The van der Waals surface area contributed by atoms with E-state index in [0.29, 0.717) is 42.6 Å². The molecule has 1 atom stereocenters. The minimum atomic E-state index is -0.00454. The Morgan fingerprint density at radius 3 is 2.72 bits per heavy atom. The summed E-state index contributed by atoms with van der Waals surface area (Å²) in [5.41, 5.74) is 1.90. The van der Waals surface area contributed by atoms with Crippen LogP contribution in [0.25, 0.3) is 5.65 Å². The van der Waals surface area contributed by atoms with Crippen LogP contribution in [0.3, 0.4) is 0 Å². The second-order valence-corrected chi connectivity index (χ2v) is 7.68. The Balaban J connectivity index is 1.20. The van der Waals surface area contributed by atoms with Crippen LogP contribution >= 0.6 is 0 Å². The Hall–Kier alpha value is -3.47. The van der Waals surface area contributed by atoms with Crippen LogP contribution in [-0.4, -0.2) is 50.3 Å². The number of carbonyl (C=O) groups is 1. The van der Waals surface area contributed by atoms with Crippen LogP contribution in [0.1, 0.15) is 46.9 Å². The van der Waals surface area contributed by atoms with Gasteiger partial charge in [0.1, 0.15) is 0 Å². The van der Waals surface area contributed by atoms with Gasteiger partial charge in [-0.3, -0.25) is 4.79 Å². The lowest BCUT2D eigenvalue weighted by atomic mass is 10.1. The Morgan fingerprint density at radius 2 is 1.97 bits per heavy atom. The molecular formula is C21H20N6O2. The highest BCUT2D eigenvalue weighted by Crippen LogP contribution is 2.38. The van der Waals surface area contributed by atoms with Crippen LogP contribution in [0.15, 0.2) is 36.4 Å². The fourth-order valence-corrected chi connectivity index (χ4v) is 3.69. The van der Waals surface area contributed by atoms with E-state index >= 15 is 0 Å². The van der Waals surface area contributed by atoms with Crippen molar-refractivity contribution >= 4 is 11.6 Å². The zero-order chi connectivity index (χ0) is 19.8. The summed E-state index contributed by atoms with van der Waals surface area (Å²) in [6.07, 6.45) is 3.17. The third-order valence-corrected chi connectivity index (χ3v) is 5.51. The van der Waals surface area contributed by atoms with Crippen molar-refractivity contribution in [2.45, 2.75) is 25.2 Å². The monoisotopic (exact) mass is 388 g/mol. The zero-order valence-electron chi connectivity index (χ0n) is 15.9. The molecule has 1 aliphatic carbocycles. The van der Waals surface area contributed by atoms with Crippen molar-refractivity contribution < 1.29 is 9.53 Å². The molecule has 29 heavy (non-hydrogen) atoms. The summed E-state index contributed by atoms with van der Waals surface area (Å²) in [5.74, 6) is 2.18. The summed E-state index contributed by atoms with van der Waals surface area (Å²) in [6.45, 7) is 1.87. The third kappa shape index (κ3) is 3.51. The van der Waals surface area contributed by atoms with Crippen molar-refractivity contribution in [1.29, 1.82) is 5.26 Å². The number of rotatable bonds is 5. The standard InChI is InChI=1S/C21H20N6O2/c22-11-14-1-3-17(4-2-14)21(28)26-10-9-15(12-26)13-29-19-8-7-18-23-24-20(16-5-6-16)27(18)25-19/h1-4,7-8,15-16H,5-6,9-10,12-13H2. The lowest BCUT2D eigenvalue weighted by molar-refractivity contribution is 0.0783. The van der Waals surface area contributed by atoms with Gasteiger partial charge in [0, 0.05) is 36.6 Å². The van der Waals surface area contributed by atoms with Crippen LogP contribution in [0.5, 0.6) is 5.88 Å². The predicted octanol–water partition coefficient (Wildman–Crippen LogP) is 2.41. The maximum Gasteiger partial charge on any atom is 0.253 e. The van der Waals surface area contributed by atoms with E-state index in [1.54, 1.807) is 28.8 Å². The number of likely N-dealkylation sites (tertiary alicyclic amines) is 1. The summed E-state index contributed by atoms with van der Waals surface area (Å²) in [7, 11) is 0. The molecule has 5 rings (SSSR count). The van der Waals surface area contributed by atoms with Crippen LogP contribution in [0.4, 0.5) is 0 Å². The molecule has 1 amide bonds. The summed E-state index contributed by atoms with van der Waals surface area (Å²) in [5, 5.41) is 21.8. The number of nitriles is 1. The van der Waals surface area contributed by atoms with Gasteiger partial charge >= 0.3 is 0 Å². The van der Waals surface area contributed by atoms with Gasteiger partial charge in [-0.2, -0.15) is 9.78 Å². The minimum Gasteiger partial charge on any atom is -0.476 e. The smallest absolute Gasteiger partial charge is 0.253 e. The van der Waals surface area contributed by atoms with Gasteiger partial charge in [0.25, 0.3) is 5.91 Å². The molecule has 1 saturated heterocycles. The van der Waals surface area contributed by atoms with Crippen molar-refractivity contribution in [3.8, 4) is 11.9 Å². The molecule has 1 saturated carbocycles.